The van der Waals surface area contributed by atoms with E-state index in [1.165, 1.54) is 4.90 Å². The summed E-state index contributed by atoms with van der Waals surface area (Å²) in [5, 5.41) is 5.73. The molecule has 0 bridgehead atoms. The molecule has 108 valence electrons. The van der Waals surface area contributed by atoms with Crippen LogP contribution in [0.5, 0.6) is 5.75 Å². The van der Waals surface area contributed by atoms with Crippen molar-refractivity contribution in [1.82, 2.24) is 4.90 Å². The van der Waals surface area contributed by atoms with Gasteiger partial charge in [-0.25, -0.2) is 0 Å². The molecule has 0 aliphatic carbocycles. The number of nitrogens with two attached hydrogens (primary N) is 1. The summed E-state index contributed by atoms with van der Waals surface area (Å²) in [7, 11) is 3.37. The third kappa shape index (κ3) is 2.76. The van der Waals surface area contributed by atoms with Crippen LogP contribution in [0.2, 0.25) is 0 Å². The molecule has 7 heteroatoms. The molecule has 7 nitrogen and oxygen atoms in total. The predicted molar refractivity (Wildman–Crippen MR) is 76.8 cm³/mol. The Kier molecular flexibility index (Phi) is 3.69. The molecule has 0 aromatic heterocycles. The van der Waals surface area contributed by atoms with Gasteiger partial charge >= 0.3 is 0 Å². The van der Waals surface area contributed by atoms with E-state index in [-0.39, 0.29) is 18.4 Å². The van der Waals surface area contributed by atoms with Crippen molar-refractivity contribution in [3.05, 3.63) is 12.1 Å². The highest BCUT2D eigenvalue weighted by Gasteiger charge is 2.20. The minimum atomic E-state index is -0.425. The van der Waals surface area contributed by atoms with Gasteiger partial charge in [-0.1, -0.05) is 0 Å². The maximum absolute atomic E-state index is 11.8. The van der Waals surface area contributed by atoms with Gasteiger partial charge in [0.15, 0.2) is 6.61 Å². The van der Waals surface area contributed by atoms with E-state index in [9.17, 15) is 9.59 Å². The summed E-state index contributed by atoms with van der Waals surface area (Å²) in [6.45, 7) is 1.73. The molecule has 0 saturated carbocycles. The lowest BCUT2D eigenvalue weighted by Crippen LogP contribution is -2.36. The summed E-state index contributed by atoms with van der Waals surface area (Å²) in [4.78, 5) is 24.6. The highest BCUT2D eigenvalue weighted by Crippen LogP contribution is 2.35. The van der Waals surface area contributed by atoms with Crippen molar-refractivity contribution in [1.29, 1.82) is 0 Å². The highest BCUT2D eigenvalue weighted by molar-refractivity contribution is 5.97. The predicted octanol–water partition coefficient (Wildman–Crippen LogP) is 0.488. The molecule has 2 rings (SSSR count). The second-order valence-electron chi connectivity index (χ2n) is 4.87. The van der Waals surface area contributed by atoms with Crippen LogP contribution in [0.15, 0.2) is 12.1 Å². The van der Waals surface area contributed by atoms with Crippen LogP contribution in [-0.2, 0) is 9.59 Å². The van der Waals surface area contributed by atoms with E-state index in [1.54, 1.807) is 33.2 Å². The van der Waals surface area contributed by atoms with Gasteiger partial charge in [-0.15, -0.1) is 0 Å². The number of benzene rings is 1. The molecular formula is C13H18N4O3. The largest absolute Gasteiger partial charge is 0.482 e. The van der Waals surface area contributed by atoms with Crippen LogP contribution in [-0.4, -0.2) is 43.5 Å². The third-order valence-electron chi connectivity index (χ3n) is 2.97. The molecule has 0 fully saturated rings. The van der Waals surface area contributed by atoms with Crippen LogP contribution >= 0.6 is 0 Å². The lowest BCUT2D eigenvalue weighted by molar-refractivity contribution is -0.129. The van der Waals surface area contributed by atoms with Gasteiger partial charge in [0.05, 0.1) is 17.1 Å². The number of anilines is 3. The van der Waals surface area contributed by atoms with Crippen molar-refractivity contribution in [3.8, 4) is 5.75 Å². The number of fused-ring (bicyclic) bond motifs is 1. The van der Waals surface area contributed by atoms with Crippen molar-refractivity contribution in [3.63, 3.8) is 0 Å². The summed E-state index contributed by atoms with van der Waals surface area (Å²) in [6, 6.07) is 2.87. The Morgan fingerprint density at radius 1 is 1.50 bits per heavy atom. The van der Waals surface area contributed by atoms with E-state index in [4.69, 9.17) is 10.5 Å². The van der Waals surface area contributed by atoms with E-state index in [1.807, 2.05) is 0 Å². The third-order valence-corrected chi connectivity index (χ3v) is 2.97. The lowest BCUT2D eigenvalue weighted by Gasteiger charge is -2.23. The van der Waals surface area contributed by atoms with Gasteiger partial charge in [-0.2, -0.15) is 0 Å². The number of amides is 2. The fourth-order valence-corrected chi connectivity index (χ4v) is 1.95. The first kappa shape index (κ1) is 14.0. The molecule has 1 aliphatic rings. The Bertz CT molecular complexity index is 557. The number of nitrogens with one attached hydrogen (secondary N) is 2. The summed E-state index contributed by atoms with van der Waals surface area (Å²) in [5.41, 5.74) is 7.51. The molecular weight excluding hydrogens is 260 g/mol. The number of nitrogen functional groups attached to an aromatic ring is 1. The molecule has 1 heterocycles. The number of hydrogen-bond acceptors (Lipinski definition) is 5. The van der Waals surface area contributed by atoms with Crippen LogP contribution in [0, 0.1) is 0 Å². The highest BCUT2D eigenvalue weighted by atomic mass is 16.5. The van der Waals surface area contributed by atoms with Crippen molar-refractivity contribution in [2.24, 2.45) is 0 Å². The second kappa shape index (κ2) is 5.28. The van der Waals surface area contributed by atoms with Gasteiger partial charge < -0.3 is 26.0 Å². The van der Waals surface area contributed by atoms with E-state index >= 15 is 0 Å². The fraction of sp³-hybridized carbons (Fsp3) is 0.385. The Morgan fingerprint density at radius 2 is 2.20 bits per heavy atom. The van der Waals surface area contributed by atoms with E-state index in [0.29, 0.717) is 22.8 Å². The zero-order valence-corrected chi connectivity index (χ0v) is 11.7. The number of likely N-dealkylation sites (N-methyl/N-ethyl adjacent to an activating group) is 1. The molecule has 1 aliphatic heterocycles. The average Bonchev–Trinajstić information content (AvgIpc) is 2.39. The lowest BCUT2D eigenvalue weighted by atomic mass is 10.2. The maximum atomic E-state index is 11.8. The molecule has 20 heavy (non-hydrogen) atoms. The van der Waals surface area contributed by atoms with Crippen LogP contribution in [0.3, 0.4) is 0 Å². The molecule has 1 aromatic rings. The summed E-state index contributed by atoms with van der Waals surface area (Å²) < 4.78 is 5.27. The number of carbonyl (C=O) groups is 2. The van der Waals surface area contributed by atoms with Crippen molar-refractivity contribution < 1.29 is 14.3 Å². The smallest absolute Gasteiger partial charge is 0.262 e. The minimum Gasteiger partial charge on any atom is -0.482 e. The van der Waals surface area contributed by atoms with Crippen molar-refractivity contribution >= 4 is 28.9 Å². The molecule has 2 amide bonds. The molecule has 1 unspecified atom stereocenters. The van der Waals surface area contributed by atoms with Gasteiger partial charge in [-0.05, 0) is 13.0 Å². The fourth-order valence-electron chi connectivity index (χ4n) is 1.95. The average molecular weight is 278 g/mol. The summed E-state index contributed by atoms with van der Waals surface area (Å²) >= 11 is 0. The quantitative estimate of drug-likeness (QED) is 0.699. The van der Waals surface area contributed by atoms with Crippen LogP contribution in [0.25, 0.3) is 0 Å². The Balaban J connectivity index is 2.22. The minimum absolute atomic E-state index is 0.0191. The van der Waals surface area contributed by atoms with Gasteiger partial charge in [0.25, 0.3) is 5.91 Å². The van der Waals surface area contributed by atoms with Gasteiger partial charge in [-0.3, -0.25) is 9.59 Å². The number of ether oxygens (including phenoxy) is 1. The molecule has 0 radical (unpaired) electrons. The van der Waals surface area contributed by atoms with Crippen molar-refractivity contribution in [2.75, 3.05) is 37.1 Å². The Hall–Kier alpha value is -2.44. The van der Waals surface area contributed by atoms with Crippen LogP contribution in [0.1, 0.15) is 6.92 Å². The molecule has 0 spiro atoms. The van der Waals surface area contributed by atoms with Gasteiger partial charge in [0, 0.05) is 20.2 Å². The second-order valence-corrected chi connectivity index (χ2v) is 4.87. The maximum Gasteiger partial charge on any atom is 0.262 e. The number of hydrogen-bond donors (Lipinski definition) is 3. The topological polar surface area (TPSA) is 96.7 Å². The Morgan fingerprint density at radius 3 is 2.85 bits per heavy atom. The first-order chi connectivity index (χ1) is 9.38. The first-order valence-corrected chi connectivity index (χ1v) is 6.22. The zero-order chi connectivity index (χ0) is 14.9. The SMILES string of the molecule is CC(Nc1cc2c(cc1N)OCC(=O)N2)C(=O)N(C)C. The van der Waals surface area contributed by atoms with E-state index in [0.717, 1.165) is 0 Å². The molecule has 1 atom stereocenters. The number of rotatable bonds is 3. The van der Waals surface area contributed by atoms with Crippen LogP contribution < -0.4 is 21.1 Å². The normalized spacial score (nSPS) is 14.7. The zero-order valence-electron chi connectivity index (χ0n) is 11.7. The molecule has 4 N–H and O–H groups in total. The summed E-state index contributed by atoms with van der Waals surface area (Å²) in [6.07, 6.45) is 0. The van der Waals surface area contributed by atoms with Gasteiger partial charge in [0.2, 0.25) is 5.91 Å². The number of nitrogens with zero attached hydrogens (tertiary/aromatic N) is 1. The van der Waals surface area contributed by atoms with Gasteiger partial charge in [0.1, 0.15) is 11.8 Å². The van der Waals surface area contributed by atoms with Crippen molar-refractivity contribution in [2.45, 2.75) is 13.0 Å². The number of carbonyl (C=O) groups excluding carboxylic acids is 2. The van der Waals surface area contributed by atoms with E-state index in [2.05, 4.69) is 10.6 Å². The monoisotopic (exact) mass is 278 g/mol. The first-order valence-electron chi connectivity index (χ1n) is 6.22. The standard InChI is InChI=1S/C13H18N4O3/c1-7(13(19)17(2)3)15-9-5-10-11(4-8(9)14)20-6-12(18)16-10/h4-5,7,15H,6,14H2,1-3H3,(H,16,18). The Labute approximate surface area is 117 Å². The summed E-state index contributed by atoms with van der Waals surface area (Å²) in [5.74, 6) is 0.243. The molecule has 1 aromatic carbocycles. The molecule has 0 saturated heterocycles. The van der Waals surface area contributed by atoms with E-state index < -0.39 is 6.04 Å². The van der Waals surface area contributed by atoms with Crippen LogP contribution in [0.4, 0.5) is 17.1 Å².